The first-order chi connectivity index (χ1) is 10.8. The Hall–Kier alpha value is -2.96. The molecule has 0 bridgehead atoms. The molecule has 7 heteroatoms. The average molecular weight is 314 g/mol. The molecule has 118 valence electrons. The van der Waals surface area contributed by atoms with E-state index in [-0.39, 0.29) is 11.1 Å². The molecule has 1 atom stereocenters. The van der Waals surface area contributed by atoms with Crippen LogP contribution in [-0.4, -0.2) is 39.0 Å². The number of hydrogen-bond acceptors (Lipinski definition) is 5. The van der Waals surface area contributed by atoms with Gasteiger partial charge in [-0.2, -0.15) is 0 Å². The van der Waals surface area contributed by atoms with Gasteiger partial charge in [-0.3, -0.25) is 14.5 Å². The summed E-state index contributed by atoms with van der Waals surface area (Å²) in [6, 6.07) is 3.60. The van der Waals surface area contributed by atoms with Gasteiger partial charge in [0.1, 0.15) is 11.8 Å². The van der Waals surface area contributed by atoms with Crippen molar-refractivity contribution in [2.45, 2.75) is 26.8 Å². The lowest BCUT2D eigenvalue weighted by Gasteiger charge is -2.17. The third-order valence-corrected chi connectivity index (χ3v) is 3.98. The number of aryl methyl sites for hydroxylation is 2. The molecule has 2 heterocycles. The summed E-state index contributed by atoms with van der Waals surface area (Å²) >= 11 is 0. The van der Waals surface area contributed by atoms with Crippen LogP contribution >= 0.6 is 0 Å². The molecule has 2 aromatic rings. The SMILES string of the molecule is Cc1noc(C)c1-c1ccc2c(c1)C(=O)N(C(C)C(=O)O)C2=O. The van der Waals surface area contributed by atoms with Crippen molar-refractivity contribution in [2.24, 2.45) is 0 Å². The molecule has 1 N–H and O–H groups in total. The number of aromatic nitrogens is 1. The van der Waals surface area contributed by atoms with Gasteiger partial charge in [0.05, 0.1) is 16.8 Å². The van der Waals surface area contributed by atoms with Gasteiger partial charge in [0.15, 0.2) is 0 Å². The number of hydrogen-bond donors (Lipinski definition) is 1. The number of imide groups is 1. The first kappa shape index (κ1) is 15.0. The highest BCUT2D eigenvalue weighted by atomic mass is 16.5. The number of rotatable bonds is 3. The summed E-state index contributed by atoms with van der Waals surface area (Å²) in [7, 11) is 0. The van der Waals surface area contributed by atoms with Crippen molar-refractivity contribution in [3.8, 4) is 11.1 Å². The molecule has 0 saturated heterocycles. The number of amides is 2. The van der Waals surface area contributed by atoms with E-state index in [1.165, 1.54) is 13.0 Å². The summed E-state index contributed by atoms with van der Waals surface area (Å²) in [5.74, 6) is -1.82. The molecule has 3 rings (SSSR count). The Kier molecular flexibility index (Phi) is 3.28. The van der Waals surface area contributed by atoms with Crippen LogP contribution in [0.2, 0.25) is 0 Å². The third-order valence-electron chi connectivity index (χ3n) is 3.98. The van der Waals surface area contributed by atoms with Gasteiger partial charge in [0.25, 0.3) is 11.8 Å². The minimum absolute atomic E-state index is 0.195. The van der Waals surface area contributed by atoms with Gasteiger partial charge in [-0.1, -0.05) is 11.2 Å². The van der Waals surface area contributed by atoms with Crippen LogP contribution in [0.3, 0.4) is 0 Å². The van der Waals surface area contributed by atoms with Crippen LogP contribution < -0.4 is 0 Å². The molecule has 0 saturated carbocycles. The minimum Gasteiger partial charge on any atom is -0.480 e. The number of carboxylic acid groups (broad SMARTS) is 1. The van der Waals surface area contributed by atoms with Crippen molar-refractivity contribution in [3.05, 3.63) is 40.8 Å². The smallest absolute Gasteiger partial charge is 0.326 e. The van der Waals surface area contributed by atoms with Crippen LogP contribution in [0.25, 0.3) is 11.1 Å². The summed E-state index contributed by atoms with van der Waals surface area (Å²) in [5, 5.41) is 12.9. The average Bonchev–Trinajstić information content (AvgIpc) is 2.96. The van der Waals surface area contributed by atoms with E-state index in [9.17, 15) is 14.4 Å². The van der Waals surface area contributed by atoms with Gasteiger partial charge in [-0.25, -0.2) is 4.79 Å². The van der Waals surface area contributed by atoms with Crippen molar-refractivity contribution in [3.63, 3.8) is 0 Å². The van der Waals surface area contributed by atoms with E-state index in [0.717, 1.165) is 10.5 Å². The van der Waals surface area contributed by atoms with Crippen LogP contribution in [0.4, 0.5) is 0 Å². The van der Waals surface area contributed by atoms with E-state index in [1.54, 1.807) is 26.0 Å². The zero-order valence-corrected chi connectivity index (χ0v) is 12.8. The van der Waals surface area contributed by atoms with Gasteiger partial charge in [-0.05, 0) is 38.5 Å². The largest absolute Gasteiger partial charge is 0.480 e. The molecule has 1 aromatic carbocycles. The second kappa shape index (κ2) is 5.05. The van der Waals surface area contributed by atoms with Crippen molar-refractivity contribution in [1.29, 1.82) is 0 Å². The topological polar surface area (TPSA) is 101 Å². The van der Waals surface area contributed by atoms with E-state index in [2.05, 4.69) is 5.16 Å². The summed E-state index contributed by atoms with van der Waals surface area (Å²) in [5.41, 5.74) is 2.54. The first-order valence-electron chi connectivity index (χ1n) is 7.01. The number of carbonyl (C=O) groups is 3. The Labute approximate surface area is 131 Å². The lowest BCUT2D eigenvalue weighted by Crippen LogP contribution is -2.42. The maximum absolute atomic E-state index is 12.4. The fraction of sp³-hybridized carbons (Fsp3) is 0.250. The number of nitrogens with zero attached hydrogens (tertiary/aromatic N) is 2. The maximum Gasteiger partial charge on any atom is 0.326 e. The van der Waals surface area contributed by atoms with Crippen LogP contribution in [0.1, 0.15) is 39.1 Å². The number of carbonyl (C=O) groups excluding carboxylic acids is 2. The molecular formula is C16H14N2O5. The molecule has 0 spiro atoms. The number of benzene rings is 1. The Morgan fingerprint density at radius 2 is 1.87 bits per heavy atom. The van der Waals surface area contributed by atoms with Crippen molar-refractivity contribution < 1.29 is 24.0 Å². The van der Waals surface area contributed by atoms with E-state index in [0.29, 0.717) is 17.0 Å². The standard InChI is InChI=1S/C16H14N2O5/c1-7-13(9(3)23-17-7)10-4-5-11-12(6-10)15(20)18(14(11)19)8(2)16(21)22/h4-6,8H,1-3H3,(H,21,22). The highest BCUT2D eigenvalue weighted by Gasteiger charge is 2.41. The Balaban J connectivity index is 2.09. The van der Waals surface area contributed by atoms with Crippen LogP contribution in [0, 0.1) is 13.8 Å². The molecule has 1 aromatic heterocycles. The molecule has 2 amide bonds. The second-order valence-electron chi connectivity index (χ2n) is 5.45. The molecule has 23 heavy (non-hydrogen) atoms. The quantitative estimate of drug-likeness (QED) is 0.870. The number of fused-ring (bicyclic) bond motifs is 1. The lowest BCUT2D eigenvalue weighted by molar-refractivity contribution is -0.140. The summed E-state index contributed by atoms with van der Waals surface area (Å²) < 4.78 is 5.12. The summed E-state index contributed by atoms with van der Waals surface area (Å²) in [4.78, 5) is 36.6. The molecule has 1 aliphatic rings. The normalized spacial score (nSPS) is 15.0. The number of carboxylic acids is 1. The van der Waals surface area contributed by atoms with Gasteiger partial charge >= 0.3 is 5.97 Å². The monoisotopic (exact) mass is 314 g/mol. The van der Waals surface area contributed by atoms with Crippen LogP contribution in [-0.2, 0) is 4.79 Å². The van der Waals surface area contributed by atoms with E-state index >= 15 is 0 Å². The molecule has 0 fully saturated rings. The second-order valence-corrected chi connectivity index (χ2v) is 5.45. The van der Waals surface area contributed by atoms with Crippen molar-refractivity contribution >= 4 is 17.8 Å². The predicted octanol–water partition coefficient (Wildman–Crippen LogP) is 2.03. The van der Waals surface area contributed by atoms with Crippen molar-refractivity contribution in [2.75, 3.05) is 0 Å². The van der Waals surface area contributed by atoms with Crippen LogP contribution in [0.15, 0.2) is 22.7 Å². The molecule has 7 nitrogen and oxygen atoms in total. The van der Waals surface area contributed by atoms with Gasteiger partial charge < -0.3 is 9.63 Å². The Morgan fingerprint density at radius 1 is 1.22 bits per heavy atom. The zero-order chi connectivity index (χ0) is 16.9. The maximum atomic E-state index is 12.4. The van der Waals surface area contributed by atoms with Gasteiger partial charge in [0.2, 0.25) is 0 Å². The highest BCUT2D eigenvalue weighted by Crippen LogP contribution is 2.32. The fourth-order valence-corrected chi connectivity index (χ4v) is 2.77. The zero-order valence-electron chi connectivity index (χ0n) is 12.8. The van der Waals surface area contributed by atoms with E-state index < -0.39 is 23.8 Å². The van der Waals surface area contributed by atoms with E-state index in [4.69, 9.17) is 9.63 Å². The molecular weight excluding hydrogens is 300 g/mol. The highest BCUT2D eigenvalue weighted by molar-refractivity contribution is 6.23. The minimum atomic E-state index is -1.23. The van der Waals surface area contributed by atoms with Gasteiger partial charge in [0, 0.05) is 5.56 Å². The third kappa shape index (κ3) is 2.12. The molecule has 1 unspecified atom stereocenters. The first-order valence-corrected chi connectivity index (χ1v) is 7.01. The summed E-state index contributed by atoms with van der Waals surface area (Å²) in [6.07, 6.45) is 0. The summed E-state index contributed by atoms with van der Waals surface area (Å²) in [6.45, 7) is 4.85. The molecule has 1 aliphatic heterocycles. The van der Waals surface area contributed by atoms with Crippen LogP contribution in [0.5, 0.6) is 0 Å². The molecule has 0 aliphatic carbocycles. The Morgan fingerprint density at radius 3 is 2.43 bits per heavy atom. The number of aliphatic carboxylic acids is 1. The van der Waals surface area contributed by atoms with Gasteiger partial charge in [-0.15, -0.1) is 0 Å². The predicted molar refractivity (Wildman–Crippen MR) is 79.0 cm³/mol. The fourth-order valence-electron chi connectivity index (χ4n) is 2.77. The molecule has 0 radical (unpaired) electrons. The lowest BCUT2D eigenvalue weighted by atomic mass is 9.99. The Bertz CT molecular complexity index is 833. The van der Waals surface area contributed by atoms with Crippen molar-refractivity contribution in [1.82, 2.24) is 10.1 Å². The van der Waals surface area contributed by atoms with E-state index in [1.807, 2.05) is 0 Å².